The van der Waals surface area contributed by atoms with Crippen LogP contribution in [0.3, 0.4) is 0 Å². The molecule has 0 saturated carbocycles. The number of pyridine rings is 1. The van der Waals surface area contributed by atoms with E-state index in [4.69, 9.17) is 0 Å². The van der Waals surface area contributed by atoms with Gasteiger partial charge in [-0.3, -0.25) is 19.1 Å². The van der Waals surface area contributed by atoms with E-state index in [0.717, 1.165) is 12.1 Å². The van der Waals surface area contributed by atoms with Gasteiger partial charge < -0.3 is 4.57 Å². The van der Waals surface area contributed by atoms with E-state index in [-0.39, 0.29) is 23.5 Å². The highest BCUT2D eigenvalue weighted by atomic mass is 32.2. The van der Waals surface area contributed by atoms with Gasteiger partial charge in [-0.1, -0.05) is 18.2 Å². The molecule has 1 aromatic carbocycles. The van der Waals surface area contributed by atoms with Gasteiger partial charge in [0.1, 0.15) is 0 Å². The Morgan fingerprint density at radius 2 is 1.85 bits per heavy atom. The van der Waals surface area contributed by atoms with Crippen LogP contribution in [0.2, 0.25) is 0 Å². The maximum Gasteiger partial charge on any atom is 0.285 e. The van der Waals surface area contributed by atoms with Crippen molar-refractivity contribution in [2.75, 3.05) is 5.75 Å². The summed E-state index contributed by atoms with van der Waals surface area (Å²) in [6.45, 7) is 0.169. The van der Waals surface area contributed by atoms with E-state index >= 15 is 0 Å². The minimum atomic E-state index is -1.24. The summed E-state index contributed by atoms with van der Waals surface area (Å²) in [7, 11) is -1.24. The van der Waals surface area contributed by atoms with E-state index in [1.54, 1.807) is 24.3 Å². The normalized spacial score (nSPS) is 12.0. The van der Waals surface area contributed by atoms with Crippen molar-refractivity contribution in [1.29, 1.82) is 0 Å². The molecule has 0 saturated heterocycles. The molecule has 104 valence electrons. The fourth-order valence-corrected chi connectivity index (χ4v) is 2.73. The second kappa shape index (κ2) is 6.25. The zero-order valence-corrected chi connectivity index (χ0v) is 11.3. The van der Waals surface area contributed by atoms with Crippen LogP contribution in [0, 0.1) is 10.1 Å². The summed E-state index contributed by atoms with van der Waals surface area (Å²) >= 11 is 0. The predicted molar refractivity (Wildman–Crippen MR) is 75.1 cm³/mol. The van der Waals surface area contributed by atoms with E-state index in [0.29, 0.717) is 4.90 Å². The Hall–Kier alpha value is -2.28. The van der Waals surface area contributed by atoms with Crippen molar-refractivity contribution in [2.24, 2.45) is 0 Å². The maximum atomic E-state index is 12.0. The molecule has 0 fully saturated rings. The number of rotatable bonds is 5. The van der Waals surface area contributed by atoms with Crippen LogP contribution in [0.1, 0.15) is 0 Å². The maximum absolute atomic E-state index is 12.0. The van der Waals surface area contributed by atoms with Crippen LogP contribution >= 0.6 is 0 Å². The number of nitrogens with zero attached hydrogens (tertiary/aromatic N) is 2. The molecule has 0 unspecified atom stereocenters. The molecule has 2 rings (SSSR count). The fraction of sp³-hybridized carbons (Fsp3) is 0.154. The first-order valence-electron chi connectivity index (χ1n) is 5.86. The molecule has 0 aliphatic heterocycles. The summed E-state index contributed by atoms with van der Waals surface area (Å²) in [5.41, 5.74) is -0.504. The molecule has 0 bridgehead atoms. The molecule has 0 amide bonds. The lowest BCUT2D eigenvalue weighted by atomic mass is 10.4. The SMILES string of the molecule is O=c1ccc([N+](=O)[O-])cn1CC[S@](=O)c1ccccc1. The van der Waals surface area contributed by atoms with Crippen LogP contribution in [-0.2, 0) is 17.3 Å². The van der Waals surface area contributed by atoms with E-state index < -0.39 is 15.7 Å². The van der Waals surface area contributed by atoms with Crippen molar-refractivity contribution in [2.45, 2.75) is 11.4 Å². The van der Waals surface area contributed by atoms with Crippen molar-refractivity contribution in [3.05, 3.63) is 69.1 Å². The molecule has 20 heavy (non-hydrogen) atoms. The van der Waals surface area contributed by atoms with E-state index in [1.807, 2.05) is 6.07 Å². The van der Waals surface area contributed by atoms with Crippen LogP contribution in [0.4, 0.5) is 5.69 Å². The van der Waals surface area contributed by atoms with Crippen LogP contribution in [0.25, 0.3) is 0 Å². The molecule has 1 atom stereocenters. The summed E-state index contributed by atoms with van der Waals surface area (Å²) in [4.78, 5) is 22.3. The molecule has 7 heteroatoms. The first-order chi connectivity index (χ1) is 9.58. The third kappa shape index (κ3) is 3.39. The van der Waals surface area contributed by atoms with Gasteiger partial charge >= 0.3 is 0 Å². The lowest BCUT2D eigenvalue weighted by Gasteiger charge is -2.05. The summed E-state index contributed by atoms with van der Waals surface area (Å²) in [5.74, 6) is 0.227. The quantitative estimate of drug-likeness (QED) is 0.618. The minimum Gasteiger partial charge on any atom is -0.308 e. The summed E-state index contributed by atoms with van der Waals surface area (Å²) in [5, 5.41) is 10.7. The number of hydrogen-bond donors (Lipinski definition) is 0. The Morgan fingerprint density at radius 3 is 2.50 bits per heavy atom. The second-order valence-corrected chi connectivity index (χ2v) is 5.61. The Balaban J connectivity index is 2.11. The lowest BCUT2D eigenvalue weighted by molar-refractivity contribution is -0.385. The smallest absolute Gasteiger partial charge is 0.285 e. The molecule has 0 radical (unpaired) electrons. The highest BCUT2D eigenvalue weighted by Gasteiger charge is 2.09. The summed E-state index contributed by atoms with van der Waals surface area (Å²) in [6, 6.07) is 11.2. The van der Waals surface area contributed by atoms with Crippen LogP contribution < -0.4 is 5.56 Å². The molecule has 0 N–H and O–H groups in total. The van der Waals surface area contributed by atoms with E-state index in [9.17, 15) is 19.1 Å². The third-order valence-electron chi connectivity index (χ3n) is 2.70. The predicted octanol–water partition coefficient (Wildman–Crippen LogP) is 1.56. The van der Waals surface area contributed by atoms with Crippen molar-refractivity contribution in [1.82, 2.24) is 4.57 Å². The fourth-order valence-electron chi connectivity index (χ4n) is 1.67. The number of aromatic nitrogens is 1. The van der Waals surface area contributed by atoms with Gasteiger partial charge in [0.05, 0.1) is 21.9 Å². The number of benzene rings is 1. The Bertz CT molecular complexity index is 697. The minimum absolute atomic E-state index is 0.157. The number of hydrogen-bond acceptors (Lipinski definition) is 4. The Labute approximate surface area is 117 Å². The standard InChI is InChI=1S/C13H12N2O4S/c16-13-7-6-11(15(17)18)10-14(13)8-9-20(19)12-4-2-1-3-5-12/h1-7,10H,8-9H2/t20-/m0/s1. The molecule has 1 heterocycles. The first kappa shape index (κ1) is 14.1. The van der Waals surface area contributed by atoms with Crippen LogP contribution in [-0.4, -0.2) is 19.5 Å². The molecule has 2 aromatic rings. The van der Waals surface area contributed by atoms with Gasteiger partial charge in [0, 0.05) is 29.3 Å². The van der Waals surface area contributed by atoms with E-state index in [1.165, 1.54) is 10.8 Å². The molecule has 0 aliphatic carbocycles. The molecular formula is C13H12N2O4S. The highest BCUT2D eigenvalue weighted by Crippen LogP contribution is 2.08. The van der Waals surface area contributed by atoms with Crippen molar-refractivity contribution >= 4 is 16.5 Å². The lowest BCUT2D eigenvalue weighted by Crippen LogP contribution is -2.21. The Kier molecular flexibility index (Phi) is 4.41. The van der Waals surface area contributed by atoms with Gasteiger partial charge in [-0.05, 0) is 12.1 Å². The van der Waals surface area contributed by atoms with E-state index in [2.05, 4.69) is 0 Å². The molecule has 1 aromatic heterocycles. The average molecular weight is 292 g/mol. The highest BCUT2D eigenvalue weighted by molar-refractivity contribution is 7.85. The molecule has 0 aliphatic rings. The second-order valence-electron chi connectivity index (χ2n) is 4.04. The van der Waals surface area contributed by atoms with Crippen molar-refractivity contribution in [3.8, 4) is 0 Å². The van der Waals surface area contributed by atoms with Crippen LogP contribution in [0.15, 0.2) is 58.4 Å². The van der Waals surface area contributed by atoms with Gasteiger partial charge in [-0.25, -0.2) is 0 Å². The topological polar surface area (TPSA) is 82.2 Å². The zero-order chi connectivity index (χ0) is 14.5. The van der Waals surface area contributed by atoms with Gasteiger partial charge in [0.2, 0.25) is 0 Å². The summed E-state index contributed by atoms with van der Waals surface area (Å²) in [6.07, 6.45) is 1.17. The summed E-state index contributed by atoms with van der Waals surface area (Å²) < 4.78 is 13.2. The number of nitro groups is 1. The monoisotopic (exact) mass is 292 g/mol. The number of aryl methyl sites for hydroxylation is 1. The first-order valence-corrected chi connectivity index (χ1v) is 7.18. The zero-order valence-electron chi connectivity index (χ0n) is 10.5. The van der Waals surface area contributed by atoms with Gasteiger partial charge in [-0.2, -0.15) is 0 Å². The van der Waals surface area contributed by atoms with Crippen LogP contribution in [0.5, 0.6) is 0 Å². The molecular weight excluding hydrogens is 280 g/mol. The largest absolute Gasteiger partial charge is 0.308 e. The van der Waals surface area contributed by atoms with Crippen molar-refractivity contribution < 1.29 is 9.13 Å². The van der Waals surface area contributed by atoms with Crippen molar-refractivity contribution in [3.63, 3.8) is 0 Å². The molecule has 6 nitrogen and oxygen atoms in total. The third-order valence-corrected chi connectivity index (χ3v) is 4.05. The Morgan fingerprint density at radius 1 is 1.15 bits per heavy atom. The van der Waals surface area contributed by atoms with Gasteiger partial charge in [0.15, 0.2) is 0 Å². The van der Waals surface area contributed by atoms with Gasteiger partial charge in [-0.15, -0.1) is 0 Å². The average Bonchev–Trinajstić information content (AvgIpc) is 2.46. The molecule has 0 spiro atoms. The van der Waals surface area contributed by atoms with Gasteiger partial charge in [0.25, 0.3) is 11.2 Å².